The maximum atomic E-state index is 6.34. The minimum Gasteiger partial charge on any atom is -0.418 e. The van der Waals surface area contributed by atoms with E-state index in [4.69, 9.17) is 4.43 Å². The van der Waals surface area contributed by atoms with Crippen molar-refractivity contribution in [2.24, 2.45) is 0 Å². The molecule has 2 aliphatic rings. The lowest BCUT2D eigenvalue weighted by Gasteiger charge is -2.32. The van der Waals surface area contributed by atoms with E-state index in [-0.39, 0.29) is 0 Å². The molecule has 1 unspecified atom stereocenters. The van der Waals surface area contributed by atoms with Crippen LogP contribution in [0.25, 0.3) is 18.2 Å². The third-order valence-electron chi connectivity index (χ3n) is 7.44. The molecule has 0 N–H and O–H groups in total. The zero-order valence-electron chi connectivity index (χ0n) is 21.4. The highest BCUT2D eigenvalue weighted by Gasteiger charge is 2.38. The molecule has 5 rings (SSSR count). The average molecular weight is 481 g/mol. The molecule has 0 aromatic heterocycles. The van der Waals surface area contributed by atoms with Crippen LogP contribution in [0.2, 0.25) is 38.8 Å². The molecule has 3 heteroatoms. The van der Waals surface area contributed by atoms with Crippen molar-refractivity contribution >= 4 is 34.6 Å². The van der Waals surface area contributed by atoms with Gasteiger partial charge in [0.15, 0.2) is 8.32 Å². The van der Waals surface area contributed by atoms with Crippen LogP contribution in [-0.2, 0) is 4.43 Å². The first-order chi connectivity index (χ1) is 16.2. The number of allylic oxidation sites excluding steroid dienone is 1. The standard InChI is InChI=1S/C31H36OSi2/c1-7-22-16-17-27-25-14-10-8-12-23(25)20-28(27)30(22)31-26-15-11-9-13-24(26)21-29(31)34(5,6)19-18-32-33(2,3)4/h7-17,20-21,31H,18-19H2,1-6H3. The van der Waals surface area contributed by atoms with E-state index >= 15 is 0 Å². The molecular formula is C31H36OSi2. The number of rotatable bonds is 6. The van der Waals surface area contributed by atoms with Gasteiger partial charge in [0, 0.05) is 12.5 Å². The summed E-state index contributed by atoms with van der Waals surface area (Å²) in [5.74, 6) is 0.316. The molecule has 0 bridgehead atoms. The second-order valence-corrected chi connectivity index (χ2v) is 20.7. The normalized spacial score (nSPS) is 17.2. The van der Waals surface area contributed by atoms with Crippen molar-refractivity contribution < 1.29 is 4.43 Å². The summed E-state index contributed by atoms with van der Waals surface area (Å²) in [6.07, 6.45) is 7.25. The van der Waals surface area contributed by atoms with E-state index in [1.165, 1.54) is 43.1 Å². The van der Waals surface area contributed by atoms with Crippen LogP contribution in [0.3, 0.4) is 0 Å². The Labute approximate surface area is 206 Å². The monoisotopic (exact) mass is 480 g/mol. The van der Waals surface area contributed by atoms with Crippen LogP contribution >= 0.6 is 0 Å². The molecular weight excluding hydrogens is 445 g/mol. The molecule has 0 saturated heterocycles. The fraction of sp³-hybridized carbons (Fsp3) is 0.290. The van der Waals surface area contributed by atoms with Crippen molar-refractivity contribution in [3.05, 3.63) is 109 Å². The summed E-state index contributed by atoms with van der Waals surface area (Å²) in [6.45, 7) is 15.0. The van der Waals surface area contributed by atoms with Crippen molar-refractivity contribution in [2.75, 3.05) is 6.61 Å². The van der Waals surface area contributed by atoms with Gasteiger partial charge in [-0.1, -0.05) is 91.1 Å². The van der Waals surface area contributed by atoms with Crippen molar-refractivity contribution in [3.63, 3.8) is 0 Å². The SMILES string of the molecule is CC=c1ccc2c(c1C1C([Si](C)(C)CCO[Si](C)(C)C)=Cc3ccccc31)C=c1ccccc1=2. The number of hydrogen-bond donors (Lipinski definition) is 0. The molecule has 0 radical (unpaired) electrons. The van der Waals surface area contributed by atoms with Gasteiger partial charge in [0.25, 0.3) is 0 Å². The van der Waals surface area contributed by atoms with Gasteiger partial charge < -0.3 is 4.43 Å². The molecule has 0 spiro atoms. The fourth-order valence-electron chi connectivity index (χ4n) is 5.62. The van der Waals surface area contributed by atoms with Crippen LogP contribution in [0.1, 0.15) is 35.1 Å². The summed E-state index contributed by atoms with van der Waals surface area (Å²) >= 11 is 0. The third kappa shape index (κ3) is 4.11. The van der Waals surface area contributed by atoms with Gasteiger partial charge in [0.2, 0.25) is 0 Å². The van der Waals surface area contributed by atoms with Gasteiger partial charge in [0.05, 0.1) is 8.07 Å². The van der Waals surface area contributed by atoms with Gasteiger partial charge in [-0.15, -0.1) is 0 Å². The Balaban J connectivity index is 1.70. The Hall–Kier alpha value is -2.47. The number of hydrogen-bond acceptors (Lipinski definition) is 1. The lowest BCUT2D eigenvalue weighted by Crippen LogP contribution is -2.36. The van der Waals surface area contributed by atoms with Crippen LogP contribution in [0.5, 0.6) is 0 Å². The minimum atomic E-state index is -1.73. The van der Waals surface area contributed by atoms with E-state index in [0.717, 1.165) is 12.7 Å². The quantitative estimate of drug-likeness (QED) is 0.285. The van der Waals surface area contributed by atoms with E-state index < -0.39 is 16.4 Å². The van der Waals surface area contributed by atoms with E-state index in [1.54, 1.807) is 5.20 Å². The minimum absolute atomic E-state index is 0.316. The number of benzene rings is 3. The van der Waals surface area contributed by atoms with E-state index in [0.29, 0.717) is 5.92 Å². The molecule has 0 amide bonds. The summed E-state index contributed by atoms with van der Waals surface area (Å²) in [4.78, 5) is 0. The maximum absolute atomic E-state index is 6.34. The van der Waals surface area contributed by atoms with Gasteiger partial charge in [0.1, 0.15) is 0 Å². The Kier molecular flexibility index (Phi) is 5.91. The van der Waals surface area contributed by atoms with Crippen LogP contribution in [-0.4, -0.2) is 23.0 Å². The highest BCUT2D eigenvalue weighted by molar-refractivity contribution is 6.85. The second kappa shape index (κ2) is 8.64. The highest BCUT2D eigenvalue weighted by atomic mass is 28.4. The molecule has 3 aromatic carbocycles. The van der Waals surface area contributed by atoms with Crippen LogP contribution in [0, 0.1) is 10.4 Å². The summed E-state index contributed by atoms with van der Waals surface area (Å²) < 4.78 is 6.34. The summed E-state index contributed by atoms with van der Waals surface area (Å²) in [5.41, 5.74) is 5.75. The Bertz CT molecular complexity index is 1510. The van der Waals surface area contributed by atoms with Crippen molar-refractivity contribution in [1.29, 1.82) is 0 Å². The van der Waals surface area contributed by atoms with Gasteiger partial charge in [-0.2, -0.15) is 0 Å². The molecule has 3 aromatic rings. The lowest BCUT2D eigenvalue weighted by molar-refractivity contribution is 0.332. The van der Waals surface area contributed by atoms with Gasteiger partial charge >= 0.3 is 0 Å². The highest BCUT2D eigenvalue weighted by Crippen LogP contribution is 2.46. The molecule has 174 valence electrons. The first kappa shape index (κ1) is 23.3. The molecule has 1 nitrogen and oxygen atoms in total. The molecule has 2 aliphatic carbocycles. The van der Waals surface area contributed by atoms with Crippen LogP contribution < -0.4 is 10.4 Å². The summed E-state index contributed by atoms with van der Waals surface area (Å²) in [5, 5.41) is 7.08. The van der Waals surface area contributed by atoms with Gasteiger partial charge in [-0.3, -0.25) is 0 Å². The predicted molar refractivity (Wildman–Crippen MR) is 151 cm³/mol. The Morgan fingerprint density at radius 2 is 1.56 bits per heavy atom. The Morgan fingerprint density at radius 3 is 2.32 bits per heavy atom. The predicted octanol–water partition coefficient (Wildman–Crippen LogP) is 6.54. The van der Waals surface area contributed by atoms with Crippen molar-refractivity contribution in [3.8, 4) is 0 Å². The van der Waals surface area contributed by atoms with E-state index in [9.17, 15) is 0 Å². The molecule has 34 heavy (non-hydrogen) atoms. The molecule has 0 fully saturated rings. The zero-order valence-corrected chi connectivity index (χ0v) is 23.4. The van der Waals surface area contributed by atoms with E-state index in [2.05, 4.69) is 119 Å². The van der Waals surface area contributed by atoms with Gasteiger partial charge in [-0.25, -0.2) is 0 Å². The van der Waals surface area contributed by atoms with Crippen molar-refractivity contribution in [1.82, 2.24) is 0 Å². The number of fused-ring (bicyclic) bond motifs is 3. The molecule has 1 atom stereocenters. The maximum Gasteiger partial charge on any atom is 0.183 e. The average Bonchev–Trinajstić information content (AvgIpc) is 3.36. The Morgan fingerprint density at radius 1 is 0.824 bits per heavy atom. The fourth-order valence-corrected chi connectivity index (χ4v) is 9.07. The third-order valence-corrected chi connectivity index (χ3v) is 12.0. The van der Waals surface area contributed by atoms with Crippen molar-refractivity contribution in [2.45, 2.75) is 51.6 Å². The lowest BCUT2D eigenvalue weighted by atomic mass is 9.87. The summed E-state index contributed by atoms with van der Waals surface area (Å²) in [7, 11) is -3.24. The second-order valence-electron chi connectivity index (χ2n) is 11.3. The first-order valence-corrected chi connectivity index (χ1v) is 19.2. The van der Waals surface area contributed by atoms with E-state index in [1.807, 2.05) is 0 Å². The van der Waals surface area contributed by atoms with Crippen LogP contribution in [0.4, 0.5) is 0 Å². The molecule has 0 heterocycles. The largest absolute Gasteiger partial charge is 0.418 e. The van der Waals surface area contributed by atoms with Gasteiger partial charge in [-0.05, 0) is 81.8 Å². The topological polar surface area (TPSA) is 9.23 Å². The molecule has 0 saturated carbocycles. The smallest absolute Gasteiger partial charge is 0.183 e. The zero-order chi connectivity index (χ0) is 24.1. The summed E-state index contributed by atoms with van der Waals surface area (Å²) in [6, 6.07) is 23.7. The first-order valence-electron chi connectivity index (χ1n) is 12.5. The van der Waals surface area contributed by atoms with Crippen LogP contribution in [0.15, 0.2) is 65.9 Å². The molecule has 0 aliphatic heterocycles.